The fourth-order valence-corrected chi connectivity index (χ4v) is 2.23. The maximum atomic E-state index is 12.3. The molecule has 1 N–H and O–H groups in total. The minimum absolute atomic E-state index is 0.0436. The fourth-order valence-electron chi connectivity index (χ4n) is 2.23. The van der Waals surface area contributed by atoms with Gasteiger partial charge in [-0.25, -0.2) is 9.67 Å². The number of piperidine rings is 1. The third kappa shape index (κ3) is 2.59. The number of nitrogens with zero attached hydrogens (tertiary/aromatic N) is 4. The number of amides is 1. The zero-order valence-electron chi connectivity index (χ0n) is 11.1. The van der Waals surface area contributed by atoms with E-state index in [0.29, 0.717) is 25.9 Å². The van der Waals surface area contributed by atoms with E-state index in [2.05, 4.69) is 10.1 Å². The Kier molecular flexibility index (Phi) is 3.55. The van der Waals surface area contributed by atoms with Gasteiger partial charge in [0.15, 0.2) is 0 Å². The van der Waals surface area contributed by atoms with Gasteiger partial charge in [-0.05, 0) is 26.7 Å². The van der Waals surface area contributed by atoms with Crippen LogP contribution in [0.25, 0.3) is 0 Å². The average molecular weight is 266 g/mol. The summed E-state index contributed by atoms with van der Waals surface area (Å²) in [5, 5.41) is 13.1. The molecule has 1 fully saturated rings. The molecule has 19 heavy (non-hydrogen) atoms. The van der Waals surface area contributed by atoms with Gasteiger partial charge in [0.1, 0.15) is 18.7 Å². The van der Waals surface area contributed by atoms with E-state index in [4.69, 9.17) is 5.11 Å². The average Bonchev–Trinajstić information content (AvgIpc) is 2.91. The summed E-state index contributed by atoms with van der Waals surface area (Å²) in [4.78, 5) is 28.9. The molecule has 0 saturated carbocycles. The number of hydrogen-bond donors (Lipinski definition) is 1. The number of aliphatic carboxylic acids is 1. The van der Waals surface area contributed by atoms with Gasteiger partial charge >= 0.3 is 5.97 Å². The number of rotatable bonds is 3. The van der Waals surface area contributed by atoms with E-state index in [-0.39, 0.29) is 5.91 Å². The molecular formula is C12H18N4O3. The summed E-state index contributed by atoms with van der Waals surface area (Å²) in [6.45, 7) is 4.45. The first-order chi connectivity index (χ1) is 8.94. The molecule has 1 aliphatic rings. The van der Waals surface area contributed by atoms with Crippen molar-refractivity contribution in [1.82, 2.24) is 19.7 Å². The van der Waals surface area contributed by atoms with Crippen molar-refractivity contribution in [1.29, 1.82) is 0 Å². The predicted molar refractivity (Wildman–Crippen MR) is 66.3 cm³/mol. The van der Waals surface area contributed by atoms with Gasteiger partial charge in [0.25, 0.3) is 0 Å². The minimum atomic E-state index is -0.788. The highest BCUT2D eigenvalue weighted by atomic mass is 16.4. The standard InChI is InChI=1S/C12H18N4O3/c1-9(16-8-13-7-14-16)10(17)15-5-3-12(2,4-6-15)11(18)19/h7-9H,3-6H2,1-2H3,(H,18,19). The number of carbonyl (C=O) groups is 2. The summed E-state index contributed by atoms with van der Waals surface area (Å²) in [5.41, 5.74) is -0.715. The number of carboxylic acids is 1. The Labute approximate surface area is 111 Å². The molecule has 2 heterocycles. The van der Waals surface area contributed by atoms with Gasteiger partial charge in [-0.15, -0.1) is 0 Å². The van der Waals surface area contributed by atoms with Crippen molar-refractivity contribution in [3.63, 3.8) is 0 Å². The lowest BCUT2D eigenvalue weighted by Gasteiger charge is -2.37. The van der Waals surface area contributed by atoms with Crippen LogP contribution >= 0.6 is 0 Å². The number of likely N-dealkylation sites (tertiary alicyclic amines) is 1. The molecule has 1 aromatic rings. The summed E-state index contributed by atoms with van der Waals surface area (Å²) in [7, 11) is 0. The second-order valence-electron chi connectivity index (χ2n) is 5.24. The van der Waals surface area contributed by atoms with Gasteiger partial charge in [0, 0.05) is 13.1 Å². The van der Waals surface area contributed by atoms with Crippen LogP contribution in [-0.2, 0) is 9.59 Å². The first-order valence-electron chi connectivity index (χ1n) is 6.30. The highest BCUT2D eigenvalue weighted by Crippen LogP contribution is 2.31. The van der Waals surface area contributed by atoms with E-state index < -0.39 is 17.4 Å². The van der Waals surface area contributed by atoms with Crippen LogP contribution < -0.4 is 0 Å². The van der Waals surface area contributed by atoms with Gasteiger partial charge < -0.3 is 10.0 Å². The Morgan fingerprint density at radius 1 is 1.37 bits per heavy atom. The van der Waals surface area contributed by atoms with E-state index in [0.717, 1.165) is 0 Å². The normalized spacial score (nSPS) is 20.0. The summed E-state index contributed by atoms with van der Waals surface area (Å²) in [5.74, 6) is -0.832. The third-order valence-electron chi connectivity index (χ3n) is 3.89. The van der Waals surface area contributed by atoms with Gasteiger partial charge in [0.2, 0.25) is 5.91 Å². The summed E-state index contributed by atoms with van der Waals surface area (Å²) < 4.78 is 1.51. The molecule has 0 aliphatic carbocycles. The van der Waals surface area contributed by atoms with E-state index in [1.165, 1.54) is 17.3 Å². The molecule has 1 aromatic heterocycles. The van der Waals surface area contributed by atoms with Crippen molar-refractivity contribution in [2.75, 3.05) is 13.1 Å². The largest absolute Gasteiger partial charge is 0.481 e. The van der Waals surface area contributed by atoms with Crippen LogP contribution in [0.5, 0.6) is 0 Å². The molecule has 0 aromatic carbocycles. The van der Waals surface area contributed by atoms with E-state index in [1.54, 1.807) is 18.7 Å². The van der Waals surface area contributed by atoms with Crippen LogP contribution in [0.15, 0.2) is 12.7 Å². The van der Waals surface area contributed by atoms with Crippen LogP contribution in [0.4, 0.5) is 0 Å². The monoisotopic (exact) mass is 266 g/mol. The molecule has 104 valence electrons. The maximum absolute atomic E-state index is 12.3. The van der Waals surface area contributed by atoms with Gasteiger partial charge in [-0.1, -0.05) is 0 Å². The number of aromatic nitrogens is 3. The lowest BCUT2D eigenvalue weighted by molar-refractivity contribution is -0.153. The molecule has 0 radical (unpaired) electrons. The highest BCUT2D eigenvalue weighted by molar-refractivity contribution is 5.81. The third-order valence-corrected chi connectivity index (χ3v) is 3.89. The molecule has 0 bridgehead atoms. The van der Waals surface area contributed by atoms with Crippen LogP contribution in [0.1, 0.15) is 32.7 Å². The fraction of sp³-hybridized carbons (Fsp3) is 0.667. The van der Waals surface area contributed by atoms with Gasteiger partial charge in [-0.3, -0.25) is 9.59 Å². The van der Waals surface area contributed by atoms with E-state index in [1.807, 2.05) is 0 Å². The van der Waals surface area contributed by atoms with Crippen molar-refractivity contribution in [2.45, 2.75) is 32.7 Å². The summed E-state index contributed by atoms with van der Waals surface area (Å²) in [6.07, 6.45) is 3.87. The lowest BCUT2D eigenvalue weighted by Crippen LogP contribution is -2.47. The van der Waals surface area contributed by atoms with Crippen molar-refractivity contribution < 1.29 is 14.7 Å². The number of carboxylic acid groups (broad SMARTS) is 1. The number of hydrogen-bond acceptors (Lipinski definition) is 4. The molecule has 1 aliphatic heterocycles. The van der Waals surface area contributed by atoms with Gasteiger partial charge in [0.05, 0.1) is 5.41 Å². The molecule has 2 rings (SSSR count). The quantitative estimate of drug-likeness (QED) is 0.863. The van der Waals surface area contributed by atoms with Crippen molar-refractivity contribution in [3.05, 3.63) is 12.7 Å². The van der Waals surface area contributed by atoms with E-state index in [9.17, 15) is 9.59 Å². The van der Waals surface area contributed by atoms with Crippen LogP contribution in [-0.4, -0.2) is 49.7 Å². The second kappa shape index (κ2) is 4.99. The molecule has 7 nitrogen and oxygen atoms in total. The molecule has 0 spiro atoms. The second-order valence-corrected chi connectivity index (χ2v) is 5.24. The van der Waals surface area contributed by atoms with Crippen molar-refractivity contribution >= 4 is 11.9 Å². The molecule has 1 amide bonds. The minimum Gasteiger partial charge on any atom is -0.481 e. The SMILES string of the molecule is CC(C(=O)N1CCC(C)(C(=O)O)CC1)n1cncn1. The number of carbonyl (C=O) groups excluding carboxylic acids is 1. The molecule has 1 saturated heterocycles. The first kappa shape index (κ1) is 13.5. The molecular weight excluding hydrogens is 248 g/mol. The van der Waals surface area contributed by atoms with Gasteiger partial charge in [-0.2, -0.15) is 5.10 Å². The topological polar surface area (TPSA) is 88.3 Å². The predicted octanol–water partition coefficient (Wildman–Crippen LogP) is 0.552. The Bertz CT molecular complexity index is 463. The summed E-state index contributed by atoms with van der Waals surface area (Å²) >= 11 is 0. The van der Waals surface area contributed by atoms with Crippen molar-refractivity contribution in [2.24, 2.45) is 5.41 Å². The lowest BCUT2D eigenvalue weighted by atomic mass is 9.80. The Balaban J connectivity index is 1.98. The summed E-state index contributed by atoms with van der Waals surface area (Å²) in [6, 6.07) is -0.406. The Morgan fingerprint density at radius 3 is 2.47 bits per heavy atom. The van der Waals surface area contributed by atoms with Crippen LogP contribution in [0.3, 0.4) is 0 Å². The smallest absolute Gasteiger partial charge is 0.309 e. The Hall–Kier alpha value is -1.92. The molecule has 1 atom stereocenters. The van der Waals surface area contributed by atoms with E-state index >= 15 is 0 Å². The zero-order valence-corrected chi connectivity index (χ0v) is 11.1. The highest BCUT2D eigenvalue weighted by Gasteiger charge is 2.38. The Morgan fingerprint density at radius 2 is 2.00 bits per heavy atom. The zero-order chi connectivity index (χ0) is 14.0. The molecule has 1 unspecified atom stereocenters. The molecule has 7 heteroatoms. The van der Waals surface area contributed by atoms with Crippen LogP contribution in [0, 0.1) is 5.41 Å². The maximum Gasteiger partial charge on any atom is 0.309 e. The first-order valence-corrected chi connectivity index (χ1v) is 6.30. The van der Waals surface area contributed by atoms with Crippen molar-refractivity contribution in [3.8, 4) is 0 Å². The van der Waals surface area contributed by atoms with Crippen LogP contribution in [0.2, 0.25) is 0 Å².